The summed E-state index contributed by atoms with van der Waals surface area (Å²) in [5, 5.41) is 15.2. The Kier molecular flexibility index (Phi) is 6.74. The summed E-state index contributed by atoms with van der Waals surface area (Å²) in [4.78, 5) is 45.6. The van der Waals surface area contributed by atoms with Crippen LogP contribution >= 0.6 is 0 Å². The monoisotopic (exact) mass is 389 g/mol. The van der Waals surface area contributed by atoms with Gasteiger partial charge in [0.1, 0.15) is 11.9 Å². The largest absolute Gasteiger partial charge is 0.454 e. The molecule has 146 valence electrons. The van der Waals surface area contributed by atoms with Gasteiger partial charge in [-0.15, -0.1) is 0 Å². The number of nitrogens with zero attached hydrogens (tertiary/aromatic N) is 1. The summed E-state index contributed by atoms with van der Waals surface area (Å²) < 4.78 is 18.4. The molecule has 0 bridgehead atoms. The third-order valence-corrected chi connectivity index (χ3v) is 3.52. The second-order valence-electron chi connectivity index (χ2n) is 5.64. The highest BCUT2D eigenvalue weighted by atomic mass is 19.1. The van der Waals surface area contributed by atoms with Gasteiger partial charge in [-0.3, -0.25) is 19.7 Å². The van der Waals surface area contributed by atoms with E-state index in [2.05, 4.69) is 10.6 Å². The first-order valence-electron chi connectivity index (χ1n) is 8.04. The molecular formula is C18H16FN3O6. The van der Waals surface area contributed by atoms with Gasteiger partial charge in [-0.2, -0.15) is 0 Å². The second kappa shape index (κ2) is 9.21. The number of anilines is 1. The number of halogens is 1. The lowest BCUT2D eigenvalue weighted by Crippen LogP contribution is -2.40. The average molecular weight is 389 g/mol. The number of non-ortho nitro benzene ring substituents is 1. The predicted molar refractivity (Wildman–Crippen MR) is 96.0 cm³/mol. The minimum atomic E-state index is -1.03. The first-order chi connectivity index (χ1) is 13.3. The third-order valence-electron chi connectivity index (χ3n) is 3.52. The van der Waals surface area contributed by atoms with Gasteiger partial charge >= 0.3 is 5.97 Å². The van der Waals surface area contributed by atoms with Crippen molar-refractivity contribution >= 4 is 29.2 Å². The standard InChI is InChI=1S/C18H16FN3O6/c1-11(20-17(24)12-5-3-2-4-6-12)18(25)28-10-16(23)21-15-9-13(22(26)27)7-8-14(15)19/h2-9,11H,10H2,1H3,(H,20,24)(H,21,23)/t11-/m0/s1. The van der Waals surface area contributed by atoms with E-state index in [0.29, 0.717) is 5.56 Å². The van der Waals surface area contributed by atoms with Crippen LogP contribution in [-0.4, -0.2) is 35.4 Å². The third kappa shape index (κ3) is 5.59. The number of nitro groups is 1. The summed E-state index contributed by atoms with van der Waals surface area (Å²) in [6.07, 6.45) is 0. The number of esters is 1. The summed E-state index contributed by atoms with van der Waals surface area (Å²) >= 11 is 0. The van der Waals surface area contributed by atoms with Crippen LogP contribution in [0, 0.1) is 15.9 Å². The molecule has 2 rings (SSSR count). The molecule has 0 spiro atoms. The Labute approximate surface area is 158 Å². The minimum absolute atomic E-state index is 0.348. The highest BCUT2D eigenvalue weighted by Gasteiger charge is 2.20. The molecule has 10 heteroatoms. The van der Waals surface area contributed by atoms with Crippen molar-refractivity contribution in [1.82, 2.24) is 5.32 Å². The molecule has 0 unspecified atom stereocenters. The maximum atomic E-state index is 13.6. The van der Waals surface area contributed by atoms with Crippen molar-refractivity contribution in [3.63, 3.8) is 0 Å². The van der Waals surface area contributed by atoms with Crippen molar-refractivity contribution < 1.29 is 28.4 Å². The fraction of sp³-hybridized carbons (Fsp3) is 0.167. The Balaban J connectivity index is 1.86. The van der Waals surface area contributed by atoms with Crippen molar-refractivity contribution in [2.75, 3.05) is 11.9 Å². The molecule has 0 heterocycles. The van der Waals surface area contributed by atoms with Crippen LogP contribution in [0.1, 0.15) is 17.3 Å². The number of nitro benzene ring substituents is 1. The first kappa shape index (κ1) is 20.5. The fourth-order valence-electron chi connectivity index (χ4n) is 2.10. The van der Waals surface area contributed by atoms with Crippen LogP contribution in [0.3, 0.4) is 0 Å². The Bertz CT molecular complexity index is 903. The van der Waals surface area contributed by atoms with E-state index in [-0.39, 0.29) is 0 Å². The van der Waals surface area contributed by atoms with E-state index in [4.69, 9.17) is 4.74 Å². The SMILES string of the molecule is C[C@H](NC(=O)c1ccccc1)C(=O)OCC(=O)Nc1cc([N+](=O)[O-])ccc1F. The Hall–Kier alpha value is -3.82. The molecule has 0 saturated heterocycles. The van der Waals surface area contributed by atoms with Crippen LogP contribution in [-0.2, 0) is 14.3 Å². The topological polar surface area (TPSA) is 128 Å². The van der Waals surface area contributed by atoms with E-state index in [1.54, 1.807) is 30.3 Å². The van der Waals surface area contributed by atoms with Gasteiger partial charge in [0.15, 0.2) is 6.61 Å². The number of carbonyl (C=O) groups excluding carboxylic acids is 3. The first-order valence-corrected chi connectivity index (χ1v) is 8.04. The van der Waals surface area contributed by atoms with Gasteiger partial charge < -0.3 is 15.4 Å². The van der Waals surface area contributed by atoms with Crippen LogP contribution in [0.2, 0.25) is 0 Å². The van der Waals surface area contributed by atoms with Gasteiger partial charge in [0.25, 0.3) is 17.5 Å². The molecule has 2 amide bonds. The maximum Gasteiger partial charge on any atom is 0.328 e. The number of benzene rings is 2. The summed E-state index contributed by atoms with van der Waals surface area (Å²) in [6, 6.07) is 9.78. The van der Waals surface area contributed by atoms with Crippen molar-refractivity contribution in [2.45, 2.75) is 13.0 Å². The normalized spacial score (nSPS) is 11.2. The molecule has 0 aliphatic carbocycles. The maximum absolute atomic E-state index is 13.6. The van der Waals surface area contributed by atoms with E-state index in [9.17, 15) is 28.9 Å². The molecule has 0 fully saturated rings. The number of carbonyl (C=O) groups is 3. The quantitative estimate of drug-likeness (QED) is 0.424. The molecule has 9 nitrogen and oxygen atoms in total. The lowest BCUT2D eigenvalue weighted by Gasteiger charge is -2.13. The number of amides is 2. The van der Waals surface area contributed by atoms with E-state index >= 15 is 0 Å². The molecule has 0 aromatic heterocycles. The number of hydrogen-bond donors (Lipinski definition) is 2. The lowest BCUT2D eigenvalue weighted by molar-refractivity contribution is -0.384. The smallest absolute Gasteiger partial charge is 0.328 e. The fourth-order valence-corrected chi connectivity index (χ4v) is 2.10. The van der Waals surface area contributed by atoms with Crippen molar-refractivity contribution in [2.24, 2.45) is 0 Å². The zero-order chi connectivity index (χ0) is 20.7. The molecule has 0 aliphatic heterocycles. The molecule has 2 N–H and O–H groups in total. The summed E-state index contributed by atoms with van der Waals surface area (Å²) in [5.74, 6) is -3.14. The van der Waals surface area contributed by atoms with Crippen LogP contribution in [0.15, 0.2) is 48.5 Å². The molecule has 2 aromatic carbocycles. The Morgan fingerprint density at radius 1 is 1.18 bits per heavy atom. The highest BCUT2D eigenvalue weighted by molar-refractivity contribution is 5.97. The molecule has 0 saturated carbocycles. The minimum Gasteiger partial charge on any atom is -0.454 e. The van der Waals surface area contributed by atoms with Crippen LogP contribution < -0.4 is 10.6 Å². The zero-order valence-corrected chi connectivity index (χ0v) is 14.7. The second-order valence-corrected chi connectivity index (χ2v) is 5.64. The molecule has 2 aromatic rings. The van der Waals surface area contributed by atoms with E-state index in [1.807, 2.05) is 0 Å². The van der Waals surface area contributed by atoms with E-state index in [1.165, 1.54) is 6.92 Å². The van der Waals surface area contributed by atoms with Gasteiger partial charge in [0.05, 0.1) is 10.6 Å². The number of nitrogens with one attached hydrogen (secondary N) is 2. The van der Waals surface area contributed by atoms with Crippen molar-refractivity contribution in [1.29, 1.82) is 0 Å². The average Bonchev–Trinajstić information content (AvgIpc) is 2.68. The summed E-state index contributed by atoms with van der Waals surface area (Å²) in [7, 11) is 0. The lowest BCUT2D eigenvalue weighted by atomic mass is 10.2. The van der Waals surface area contributed by atoms with Gasteiger partial charge in [-0.05, 0) is 25.1 Å². The molecule has 0 aliphatic rings. The van der Waals surface area contributed by atoms with E-state index < -0.39 is 52.5 Å². The molecule has 0 radical (unpaired) electrons. The molecule has 1 atom stereocenters. The van der Waals surface area contributed by atoms with Crippen LogP contribution in [0.4, 0.5) is 15.8 Å². The van der Waals surface area contributed by atoms with Crippen LogP contribution in [0.25, 0.3) is 0 Å². The van der Waals surface area contributed by atoms with Gasteiger partial charge in [-0.25, -0.2) is 9.18 Å². The Morgan fingerprint density at radius 2 is 1.86 bits per heavy atom. The predicted octanol–water partition coefficient (Wildman–Crippen LogP) is 2.03. The Morgan fingerprint density at radius 3 is 2.50 bits per heavy atom. The van der Waals surface area contributed by atoms with E-state index in [0.717, 1.165) is 18.2 Å². The van der Waals surface area contributed by atoms with Crippen molar-refractivity contribution in [3.8, 4) is 0 Å². The van der Waals surface area contributed by atoms with Gasteiger partial charge in [-0.1, -0.05) is 18.2 Å². The van der Waals surface area contributed by atoms with Crippen LogP contribution in [0.5, 0.6) is 0 Å². The number of rotatable bonds is 7. The summed E-state index contributed by atoms with van der Waals surface area (Å²) in [5.41, 5.74) is -0.479. The number of hydrogen-bond acceptors (Lipinski definition) is 6. The molecular weight excluding hydrogens is 373 g/mol. The van der Waals surface area contributed by atoms with Gasteiger partial charge in [0.2, 0.25) is 0 Å². The van der Waals surface area contributed by atoms with Crippen molar-refractivity contribution in [3.05, 3.63) is 70.0 Å². The number of ether oxygens (including phenoxy) is 1. The summed E-state index contributed by atoms with van der Waals surface area (Å²) in [6.45, 7) is 0.619. The highest BCUT2D eigenvalue weighted by Crippen LogP contribution is 2.21. The van der Waals surface area contributed by atoms with Gasteiger partial charge in [0, 0.05) is 17.7 Å². The molecule has 28 heavy (non-hydrogen) atoms. The zero-order valence-electron chi connectivity index (χ0n) is 14.7.